The van der Waals surface area contributed by atoms with Gasteiger partial charge in [-0.2, -0.15) is 0 Å². The summed E-state index contributed by atoms with van der Waals surface area (Å²) in [5, 5.41) is 8.35. The lowest BCUT2D eigenvalue weighted by atomic mass is 10.1. The van der Waals surface area contributed by atoms with Gasteiger partial charge in [0.25, 0.3) is 5.22 Å². The van der Waals surface area contributed by atoms with Gasteiger partial charge in [0, 0.05) is 18.2 Å². The molecule has 0 N–H and O–H groups in total. The molecule has 2 aliphatic heterocycles. The standard InChI is InChI=1S/C22H21N3O6S2/c26-20(25(11-15-4-2-1-3-5-15)17-8-9-33(27,28)13-17)12-32-22-24-23-21(31-22)16-6-7-18-19(10-16)30-14-29-18/h1-7,10,17H,8-9,11-14H2/t17-/m1/s1. The summed E-state index contributed by atoms with van der Waals surface area (Å²) in [5.41, 5.74) is 1.63. The lowest BCUT2D eigenvalue weighted by Crippen LogP contribution is -2.41. The Balaban J connectivity index is 1.27. The van der Waals surface area contributed by atoms with Crippen LogP contribution < -0.4 is 9.47 Å². The Labute approximate surface area is 195 Å². The molecule has 3 heterocycles. The average molecular weight is 488 g/mol. The van der Waals surface area contributed by atoms with Gasteiger partial charge in [0.15, 0.2) is 21.3 Å². The third-order valence-corrected chi connectivity index (χ3v) is 8.06. The summed E-state index contributed by atoms with van der Waals surface area (Å²) in [5.74, 6) is 1.56. The number of ether oxygens (including phenoxy) is 2. The summed E-state index contributed by atoms with van der Waals surface area (Å²) < 4.78 is 40.4. The Kier molecular flexibility index (Phi) is 5.98. The minimum absolute atomic E-state index is 0.00887. The minimum atomic E-state index is -3.13. The van der Waals surface area contributed by atoms with Crippen LogP contribution in [-0.2, 0) is 21.2 Å². The molecular weight excluding hydrogens is 466 g/mol. The van der Waals surface area contributed by atoms with Crippen LogP contribution in [0.25, 0.3) is 11.5 Å². The topological polar surface area (TPSA) is 112 Å². The first kappa shape index (κ1) is 21.8. The fraction of sp³-hybridized carbons (Fsp3) is 0.318. The number of hydrogen-bond donors (Lipinski definition) is 0. The monoisotopic (exact) mass is 487 g/mol. The van der Waals surface area contributed by atoms with E-state index in [1.165, 1.54) is 0 Å². The maximum absolute atomic E-state index is 13.1. The van der Waals surface area contributed by atoms with Crippen molar-refractivity contribution in [2.45, 2.75) is 24.2 Å². The molecular formula is C22H21N3O6S2. The molecule has 3 aromatic rings. The van der Waals surface area contributed by atoms with E-state index in [1.54, 1.807) is 23.1 Å². The van der Waals surface area contributed by atoms with E-state index < -0.39 is 9.84 Å². The Morgan fingerprint density at radius 3 is 2.70 bits per heavy atom. The van der Waals surface area contributed by atoms with Crippen molar-refractivity contribution in [3.63, 3.8) is 0 Å². The van der Waals surface area contributed by atoms with Crippen LogP contribution >= 0.6 is 11.8 Å². The number of carbonyl (C=O) groups excluding carboxylic acids is 1. The van der Waals surface area contributed by atoms with Gasteiger partial charge in [-0.15, -0.1) is 10.2 Å². The number of nitrogens with zero attached hydrogens (tertiary/aromatic N) is 3. The summed E-state index contributed by atoms with van der Waals surface area (Å²) in [6.45, 7) is 0.528. The fourth-order valence-corrected chi connectivity index (χ4v) is 6.22. The van der Waals surface area contributed by atoms with Crippen LogP contribution in [-0.4, -0.2) is 59.5 Å². The summed E-state index contributed by atoms with van der Waals surface area (Å²) >= 11 is 1.13. The molecule has 1 saturated heterocycles. The molecule has 0 aliphatic carbocycles. The van der Waals surface area contributed by atoms with Crippen LogP contribution in [0.2, 0.25) is 0 Å². The van der Waals surface area contributed by atoms with Gasteiger partial charge in [0.1, 0.15) is 0 Å². The van der Waals surface area contributed by atoms with Crippen molar-refractivity contribution < 1.29 is 27.1 Å². The minimum Gasteiger partial charge on any atom is -0.454 e. The molecule has 2 aromatic carbocycles. The molecule has 172 valence electrons. The number of rotatable bonds is 7. The molecule has 33 heavy (non-hydrogen) atoms. The van der Waals surface area contributed by atoms with E-state index in [2.05, 4.69) is 10.2 Å². The van der Waals surface area contributed by atoms with Crippen LogP contribution in [0.4, 0.5) is 0 Å². The molecule has 11 heteroatoms. The third-order valence-electron chi connectivity index (χ3n) is 5.51. The molecule has 1 amide bonds. The zero-order valence-electron chi connectivity index (χ0n) is 17.5. The molecule has 0 bridgehead atoms. The maximum Gasteiger partial charge on any atom is 0.277 e. The van der Waals surface area contributed by atoms with E-state index in [0.29, 0.717) is 35.9 Å². The van der Waals surface area contributed by atoms with Crippen LogP contribution in [0.15, 0.2) is 58.2 Å². The smallest absolute Gasteiger partial charge is 0.277 e. The average Bonchev–Trinajstić information content (AvgIpc) is 3.55. The van der Waals surface area contributed by atoms with Gasteiger partial charge >= 0.3 is 0 Å². The third kappa shape index (κ3) is 4.98. The second-order valence-electron chi connectivity index (χ2n) is 7.79. The normalized spacial score (nSPS) is 18.4. The molecule has 0 radical (unpaired) electrons. The molecule has 1 fully saturated rings. The summed E-state index contributed by atoms with van der Waals surface area (Å²) in [4.78, 5) is 14.8. The number of hydrogen-bond acceptors (Lipinski definition) is 9. The second-order valence-corrected chi connectivity index (χ2v) is 10.9. The highest BCUT2D eigenvalue weighted by Crippen LogP contribution is 2.36. The number of aromatic nitrogens is 2. The van der Waals surface area contributed by atoms with Crippen molar-refractivity contribution in [3.05, 3.63) is 54.1 Å². The highest BCUT2D eigenvalue weighted by Gasteiger charge is 2.34. The molecule has 9 nitrogen and oxygen atoms in total. The van der Waals surface area contributed by atoms with Gasteiger partial charge in [-0.1, -0.05) is 42.1 Å². The number of fused-ring (bicyclic) bond motifs is 1. The van der Waals surface area contributed by atoms with Crippen LogP contribution in [0.5, 0.6) is 11.5 Å². The summed E-state index contributed by atoms with van der Waals surface area (Å²) in [6.07, 6.45) is 0.445. The Morgan fingerprint density at radius 1 is 1.09 bits per heavy atom. The quantitative estimate of drug-likeness (QED) is 0.464. The zero-order chi connectivity index (χ0) is 22.8. The lowest BCUT2D eigenvalue weighted by molar-refractivity contribution is -0.130. The Bertz CT molecular complexity index is 1260. The van der Waals surface area contributed by atoms with Crippen molar-refractivity contribution in [1.82, 2.24) is 15.1 Å². The number of amides is 1. The first-order chi connectivity index (χ1) is 16.0. The highest BCUT2D eigenvalue weighted by atomic mass is 32.2. The molecule has 5 rings (SSSR count). The van der Waals surface area contributed by atoms with E-state index in [4.69, 9.17) is 13.9 Å². The first-order valence-corrected chi connectivity index (χ1v) is 13.2. The summed E-state index contributed by atoms with van der Waals surface area (Å²) in [7, 11) is -3.13. The number of sulfone groups is 1. The molecule has 2 aliphatic rings. The number of carbonyl (C=O) groups is 1. The zero-order valence-corrected chi connectivity index (χ0v) is 19.2. The largest absolute Gasteiger partial charge is 0.454 e. The highest BCUT2D eigenvalue weighted by molar-refractivity contribution is 7.99. The molecule has 0 unspecified atom stereocenters. The van der Waals surface area contributed by atoms with Crippen LogP contribution in [0, 0.1) is 0 Å². The lowest BCUT2D eigenvalue weighted by Gasteiger charge is -2.28. The van der Waals surface area contributed by atoms with Crippen molar-refractivity contribution in [1.29, 1.82) is 0 Å². The second kappa shape index (κ2) is 9.06. The van der Waals surface area contributed by atoms with Gasteiger partial charge in [0.2, 0.25) is 18.6 Å². The van der Waals surface area contributed by atoms with Crippen molar-refractivity contribution in [2.24, 2.45) is 0 Å². The maximum atomic E-state index is 13.1. The predicted octanol–water partition coefficient (Wildman–Crippen LogP) is 2.77. The van der Waals surface area contributed by atoms with E-state index in [0.717, 1.165) is 17.3 Å². The molecule has 0 spiro atoms. The van der Waals surface area contributed by atoms with Gasteiger partial charge in [0.05, 0.1) is 17.3 Å². The summed E-state index contributed by atoms with van der Waals surface area (Å²) in [6, 6.07) is 14.5. The van der Waals surface area contributed by atoms with Gasteiger partial charge in [-0.3, -0.25) is 4.79 Å². The van der Waals surface area contributed by atoms with E-state index >= 15 is 0 Å². The van der Waals surface area contributed by atoms with E-state index in [-0.39, 0.29) is 41.2 Å². The molecule has 1 aromatic heterocycles. The van der Waals surface area contributed by atoms with Gasteiger partial charge in [-0.05, 0) is 30.2 Å². The van der Waals surface area contributed by atoms with Gasteiger partial charge in [-0.25, -0.2) is 8.42 Å². The number of benzene rings is 2. The molecule has 1 atom stereocenters. The SMILES string of the molecule is O=C(CSc1nnc(-c2ccc3c(c2)OCO3)o1)N(Cc1ccccc1)[C@@H]1CCS(=O)(=O)C1. The Morgan fingerprint density at radius 2 is 1.91 bits per heavy atom. The fourth-order valence-electron chi connectivity index (χ4n) is 3.84. The van der Waals surface area contributed by atoms with E-state index in [1.807, 2.05) is 30.3 Å². The van der Waals surface area contributed by atoms with Crippen LogP contribution in [0.1, 0.15) is 12.0 Å². The molecule has 0 saturated carbocycles. The van der Waals surface area contributed by atoms with E-state index in [9.17, 15) is 13.2 Å². The van der Waals surface area contributed by atoms with Gasteiger partial charge < -0.3 is 18.8 Å². The van der Waals surface area contributed by atoms with Crippen LogP contribution in [0.3, 0.4) is 0 Å². The predicted molar refractivity (Wildman–Crippen MR) is 121 cm³/mol. The Hall–Kier alpha value is -3.05. The number of thioether (sulfide) groups is 1. The van der Waals surface area contributed by atoms with Crippen molar-refractivity contribution in [2.75, 3.05) is 24.1 Å². The first-order valence-electron chi connectivity index (χ1n) is 10.4. The van der Waals surface area contributed by atoms with Crippen molar-refractivity contribution >= 4 is 27.5 Å². The van der Waals surface area contributed by atoms with Crippen molar-refractivity contribution in [3.8, 4) is 23.0 Å².